The summed E-state index contributed by atoms with van der Waals surface area (Å²) in [5.74, 6) is -0.487. The number of H-pyrrole nitrogens is 1. The number of aliphatic imine (C=N–C) groups is 1. The molecule has 0 aliphatic rings. The van der Waals surface area contributed by atoms with Gasteiger partial charge in [0.05, 0.1) is 23.1 Å². The molecule has 8 nitrogen and oxygen atoms in total. The Morgan fingerprint density at radius 3 is 2.67 bits per heavy atom. The van der Waals surface area contributed by atoms with Gasteiger partial charge in [-0.1, -0.05) is 22.0 Å². The van der Waals surface area contributed by atoms with Crippen LogP contribution in [0.25, 0.3) is 16.7 Å². The summed E-state index contributed by atoms with van der Waals surface area (Å²) in [6.07, 6.45) is 1.24. The van der Waals surface area contributed by atoms with Gasteiger partial charge in [-0.05, 0) is 55.7 Å². The van der Waals surface area contributed by atoms with Crippen molar-refractivity contribution in [2.75, 3.05) is 0 Å². The summed E-state index contributed by atoms with van der Waals surface area (Å²) in [6, 6.07) is 7.17. The van der Waals surface area contributed by atoms with Gasteiger partial charge in [-0.25, -0.2) is 9.36 Å². The van der Waals surface area contributed by atoms with Crippen molar-refractivity contribution >= 4 is 50.6 Å². The Kier molecular flexibility index (Phi) is 5.12. The van der Waals surface area contributed by atoms with Gasteiger partial charge in [-0.2, -0.15) is 8.75 Å². The average Bonchev–Trinajstić information content (AvgIpc) is 3.17. The van der Waals surface area contributed by atoms with Crippen molar-refractivity contribution < 1.29 is 5.11 Å². The summed E-state index contributed by atoms with van der Waals surface area (Å²) in [6.45, 7) is 5.59. The zero-order chi connectivity index (χ0) is 21.6. The SMILES string of the molecule is Cc1ccc2nsnc2c1N=Cc1c(O)n(-c2ccc(Br)c(C)c2C)c(=O)[nH]c1=O. The van der Waals surface area contributed by atoms with Gasteiger partial charge in [0.2, 0.25) is 5.88 Å². The van der Waals surface area contributed by atoms with E-state index in [0.717, 1.165) is 37.5 Å². The summed E-state index contributed by atoms with van der Waals surface area (Å²) in [4.78, 5) is 31.6. The van der Waals surface area contributed by atoms with Crippen LogP contribution in [0.1, 0.15) is 22.3 Å². The van der Waals surface area contributed by atoms with Crippen LogP contribution in [0.4, 0.5) is 5.69 Å². The van der Waals surface area contributed by atoms with Gasteiger partial charge in [0.1, 0.15) is 16.6 Å². The van der Waals surface area contributed by atoms with Crippen molar-refractivity contribution in [2.45, 2.75) is 20.8 Å². The van der Waals surface area contributed by atoms with Crippen molar-refractivity contribution in [1.82, 2.24) is 18.3 Å². The fourth-order valence-electron chi connectivity index (χ4n) is 3.12. The van der Waals surface area contributed by atoms with Gasteiger partial charge >= 0.3 is 5.69 Å². The number of aromatic amines is 1. The maximum Gasteiger partial charge on any atom is 0.335 e. The van der Waals surface area contributed by atoms with Gasteiger partial charge in [-0.15, -0.1) is 0 Å². The quantitative estimate of drug-likeness (QED) is 0.429. The van der Waals surface area contributed by atoms with Crippen LogP contribution in [0, 0.1) is 20.8 Å². The fourth-order valence-corrected chi connectivity index (χ4v) is 4.09. The lowest BCUT2D eigenvalue weighted by Crippen LogP contribution is -2.31. The van der Waals surface area contributed by atoms with E-state index in [1.165, 1.54) is 6.21 Å². The van der Waals surface area contributed by atoms with Crippen LogP contribution in [-0.2, 0) is 0 Å². The molecule has 0 fully saturated rings. The first-order valence-electron chi connectivity index (χ1n) is 8.90. The largest absolute Gasteiger partial charge is 0.493 e. The van der Waals surface area contributed by atoms with E-state index in [0.29, 0.717) is 22.4 Å². The number of aromatic nitrogens is 4. The van der Waals surface area contributed by atoms with Crippen LogP contribution in [-0.4, -0.2) is 29.6 Å². The van der Waals surface area contributed by atoms with E-state index in [1.54, 1.807) is 12.1 Å². The van der Waals surface area contributed by atoms with E-state index >= 15 is 0 Å². The first-order valence-corrected chi connectivity index (χ1v) is 10.4. The van der Waals surface area contributed by atoms with Crippen LogP contribution in [0.2, 0.25) is 0 Å². The Bertz CT molecular complexity index is 1450. The number of hydrogen-bond donors (Lipinski definition) is 2. The van der Waals surface area contributed by atoms with Gasteiger partial charge < -0.3 is 5.11 Å². The van der Waals surface area contributed by atoms with Gasteiger partial charge in [0, 0.05) is 10.7 Å². The van der Waals surface area contributed by atoms with E-state index in [1.807, 2.05) is 32.9 Å². The summed E-state index contributed by atoms with van der Waals surface area (Å²) in [5, 5.41) is 10.8. The number of benzene rings is 2. The topological polar surface area (TPSA) is 113 Å². The third-order valence-corrected chi connectivity index (χ3v) is 6.38. The Morgan fingerprint density at radius 1 is 1.13 bits per heavy atom. The number of rotatable bonds is 3. The highest BCUT2D eigenvalue weighted by atomic mass is 79.9. The molecule has 0 unspecified atom stereocenters. The molecule has 30 heavy (non-hydrogen) atoms. The highest BCUT2D eigenvalue weighted by Gasteiger charge is 2.17. The lowest BCUT2D eigenvalue weighted by atomic mass is 10.1. The molecule has 0 aliphatic carbocycles. The molecule has 10 heteroatoms. The highest BCUT2D eigenvalue weighted by Crippen LogP contribution is 2.29. The predicted octanol–water partition coefficient (Wildman–Crippen LogP) is 3.67. The molecule has 0 radical (unpaired) electrons. The third-order valence-electron chi connectivity index (χ3n) is 4.98. The lowest BCUT2D eigenvalue weighted by molar-refractivity contribution is 0.430. The second-order valence-electron chi connectivity index (χ2n) is 6.77. The highest BCUT2D eigenvalue weighted by molar-refractivity contribution is 9.10. The lowest BCUT2D eigenvalue weighted by Gasteiger charge is -2.14. The van der Waals surface area contributed by atoms with Crippen molar-refractivity contribution in [2.24, 2.45) is 4.99 Å². The molecule has 2 aromatic heterocycles. The molecular weight excluding hydrogens is 470 g/mol. The second kappa shape index (κ2) is 7.62. The Labute approximate surface area is 183 Å². The number of aromatic hydroxyl groups is 1. The van der Waals surface area contributed by atoms with Crippen LogP contribution >= 0.6 is 27.7 Å². The molecule has 4 rings (SSSR count). The van der Waals surface area contributed by atoms with Gasteiger partial charge in [-0.3, -0.25) is 14.8 Å². The summed E-state index contributed by atoms with van der Waals surface area (Å²) < 4.78 is 10.4. The number of hydrogen-bond acceptors (Lipinski definition) is 7. The van der Waals surface area contributed by atoms with E-state index in [4.69, 9.17) is 0 Å². The molecule has 0 aliphatic heterocycles. The molecule has 2 heterocycles. The second-order valence-corrected chi connectivity index (χ2v) is 8.15. The minimum absolute atomic E-state index is 0.130. The summed E-state index contributed by atoms with van der Waals surface area (Å²) in [7, 11) is 0. The molecule has 2 aromatic carbocycles. The fraction of sp³-hybridized carbons (Fsp3) is 0.150. The average molecular weight is 486 g/mol. The molecular formula is C20H16BrN5O3S. The minimum Gasteiger partial charge on any atom is -0.493 e. The number of nitrogens with zero attached hydrogens (tertiary/aromatic N) is 4. The van der Waals surface area contributed by atoms with Crippen LogP contribution < -0.4 is 11.2 Å². The maximum atomic E-state index is 12.5. The zero-order valence-electron chi connectivity index (χ0n) is 16.2. The smallest absolute Gasteiger partial charge is 0.335 e. The first-order chi connectivity index (χ1) is 14.3. The zero-order valence-corrected chi connectivity index (χ0v) is 18.6. The maximum absolute atomic E-state index is 12.5. The van der Waals surface area contributed by atoms with Crippen molar-refractivity contribution in [3.05, 3.63) is 71.8 Å². The molecule has 0 spiro atoms. The van der Waals surface area contributed by atoms with Crippen LogP contribution in [0.5, 0.6) is 5.88 Å². The molecule has 2 N–H and O–H groups in total. The van der Waals surface area contributed by atoms with E-state index in [2.05, 4.69) is 34.7 Å². The van der Waals surface area contributed by atoms with Crippen LogP contribution in [0.3, 0.4) is 0 Å². The number of halogens is 1. The Hall–Kier alpha value is -3.11. The number of aryl methyl sites for hydroxylation is 1. The molecule has 152 valence electrons. The summed E-state index contributed by atoms with van der Waals surface area (Å²) in [5.41, 5.74) is 3.27. The summed E-state index contributed by atoms with van der Waals surface area (Å²) >= 11 is 4.52. The van der Waals surface area contributed by atoms with E-state index < -0.39 is 17.1 Å². The molecule has 4 aromatic rings. The predicted molar refractivity (Wildman–Crippen MR) is 121 cm³/mol. The van der Waals surface area contributed by atoms with Crippen LogP contribution in [0.15, 0.2) is 43.3 Å². The monoisotopic (exact) mass is 485 g/mol. The van der Waals surface area contributed by atoms with Gasteiger partial charge in [0.25, 0.3) is 5.56 Å². The Morgan fingerprint density at radius 2 is 1.90 bits per heavy atom. The molecule has 0 bridgehead atoms. The minimum atomic E-state index is -0.735. The molecule has 0 saturated heterocycles. The first kappa shape index (κ1) is 20.2. The Balaban J connectivity index is 1.91. The standard InChI is InChI=1S/C20H16BrN5O3S/c1-9-4-6-14-17(25-30-24-14)16(9)22-8-12-18(27)23-20(29)26(19(12)28)15-7-5-13(21)10(2)11(15)3/h4-8,28H,1-3H3,(H,23,27,29). The molecule has 0 amide bonds. The van der Waals surface area contributed by atoms with Crippen molar-refractivity contribution in [3.63, 3.8) is 0 Å². The van der Waals surface area contributed by atoms with E-state index in [-0.39, 0.29) is 5.56 Å². The van der Waals surface area contributed by atoms with E-state index in [9.17, 15) is 14.7 Å². The molecule has 0 saturated carbocycles. The number of fused-ring (bicyclic) bond motifs is 1. The number of nitrogens with one attached hydrogen (secondary N) is 1. The van der Waals surface area contributed by atoms with Crippen molar-refractivity contribution in [3.8, 4) is 11.6 Å². The normalized spacial score (nSPS) is 11.6. The molecule has 0 atom stereocenters. The van der Waals surface area contributed by atoms with Crippen molar-refractivity contribution in [1.29, 1.82) is 0 Å². The van der Waals surface area contributed by atoms with Gasteiger partial charge in [0.15, 0.2) is 0 Å². The third kappa shape index (κ3) is 3.27.